The zero-order chi connectivity index (χ0) is 22.6. The summed E-state index contributed by atoms with van der Waals surface area (Å²) < 4.78 is 0. The highest BCUT2D eigenvalue weighted by Gasteiger charge is 2.55. The van der Waals surface area contributed by atoms with Crippen LogP contribution in [0.15, 0.2) is 47.8 Å². The molecule has 0 radical (unpaired) electrons. The number of carbonyl (C=O) groups is 3. The summed E-state index contributed by atoms with van der Waals surface area (Å²) in [6, 6.07) is 13.5. The van der Waals surface area contributed by atoms with E-state index in [1.54, 1.807) is 0 Å². The summed E-state index contributed by atoms with van der Waals surface area (Å²) >= 11 is 1.33. The molecule has 2 aromatic carbocycles. The maximum atomic E-state index is 13.2. The Labute approximate surface area is 194 Å². The number of fused-ring (bicyclic) bond motifs is 3. The third-order valence-electron chi connectivity index (χ3n) is 6.87. The van der Waals surface area contributed by atoms with Crippen molar-refractivity contribution in [3.8, 4) is 11.3 Å². The van der Waals surface area contributed by atoms with Gasteiger partial charge in [-0.25, -0.2) is 9.78 Å². The van der Waals surface area contributed by atoms with E-state index in [4.69, 9.17) is 0 Å². The summed E-state index contributed by atoms with van der Waals surface area (Å²) in [5.41, 5.74) is 5.43. The van der Waals surface area contributed by atoms with Gasteiger partial charge in [-0.1, -0.05) is 36.4 Å². The number of thiazole rings is 1. The van der Waals surface area contributed by atoms with Crippen molar-refractivity contribution in [1.82, 2.24) is 15.2 Å². The largest absolute Gasteiger partial charge is 0.325 e. The number of carbonyl (C=O) groups excluding carboxylic acids is 3. The summed E-state index contributed by atoms with van der Waals surface area (Å²) in [4.78, 5) is 44.1. The molecule has 7 nitrogen and oxygen atoms in total. The third kappa shape index (κ3) is 3.24. The molecule has 2 heterocycles. The quantitative estimate of drug-likeness (QED) is 0.584. The first-order valence-corrected chi connectivity index (χ1v) is 12.0. The minimum absolute atomic E-state index is 0.345. The van der Waals surface area contributed by atoms with Crippen LogP contribution in [0.5, 0.6) is 0 Å². The van der Waals surface area contributed by atoms with Crippen molar-refractivity contribution in [2.24, 2.45) is 0 Å². The Bertz CT molecular complexity index is 1320. The van der Waals surface area contributed by atoms with Gasteiger partial charge >= 0.3 is 6.03 Å². The molecule has 1 saturated heterocycles. The molecule has 1 spiro atoms. The number of anilines is 1. The summed E-state index contributed by atoms with van der Waals surface area (Å²) in [5, 5.41) is 7.94. The van der Waals surface area contributed by atoms with Gasteiger partial charge in [0.15, 0.2) is 5.13 Å². The lowest BCUT2D eigenvalue weighted by molar-refractivity contribution is -0.134. The molecular formula is C25H22N4O3S. The lowest BCUT2D eigenvalue weighted by Crippen LogP contribution is -2.42. The predicted molar refractivity (Wildman–Crippen MR) is 125 cm³/mol. The number of imide groups is 1. The third-order valence-corrected chi connectivity index (χ3v) is 7.63. The molecule has 2 aliphatic carbocycles. The van der Waals surface area contributed by atoms with Crippen LogP contribution in [0.3, 0.4) is 0 Å². The molecule has 4 amide bonds. The molecule has 1 atom stereocenters. The van der Waals surface area contributed by atoms with E-state index in [1.165, 1.54) is 28.9 Å². The van der Waals surface area contributed by atoms with Crippen LogP contribution >= 0.6 is 11.3 Å². The van der Waals surface area contributed by atoms with Crippen LogP contribution in [0.2, 0.25) is 0 Å². The summed E-state index contributed by atoms with van der Waals surface area (Å²) in [7, 11) is 0. The molecule has 1 aromatic heterocycles. The molecule has 2 N–H and O–H groups in total. The molecule has 6 rings (SSSR count). The Morgan fingerprint density at radius 3 is 2.85 bits per heavy atom. The molecule has 8 heteroatoms. The Hall–Kier alpha value is -3.52. The highest BCUT2D eigenvalue weighted by Crippen LogP contribution is 2.41. The van der Waals surface area contributed by atoms with Gasteiger partial charge < -0.3 is 10.6 Å². The highest BCUT2D eigenvalue weighted by atomic mass is 32.1. The number of aryl methyl sites for hydroxylation is 3. The monoisotopic (exact) mass is 458 g/mol. The lowest BCUT2D eigenvalue weighted by Gasteiger charge is -2.22. The lowest BCUT2D eigenvalue weighted by atomic mass is 9.92. The molecule has 33 heavy (non-hydrogen) atoms. The molecule has 1 unspecified atom stereocenters. The highest BCUT2D eigenvalue weighted by molar-refractivity contribution is 7.14. The van der Waals surface area contributed by atoms with Crippen LogP contribution in [-0.2, 0) is 34.4 Å². The maximum absolute atomic E-state index is 13.2. The molecule has 3 aromatic rings. The summed E-state index contributed by atoms with van der Waals surface area (Å²) in [5.74, 6) is -0.817. The first-order chi connectivity index (χ1) is 16.0. The fraction of sp³-hybridized carbons (Fsp3) is 0.280. The smallest absolute Gasteiger partial charge is 0.319 e. The molecule has 1 aliphatic heterocycles. The van der Waals surface area contributed by atoms with Crippen molar-refractivity contribution < 1.29 is 14.4 Å². The van der Waals surface area contributed by atoms with Gasteiger partial charge in [0.1, 0.15) is 12.1 Å². The van der Waals surface area contributed by atoms with E-state index in [2.05, 4.69) is 33.8 Å². The van der Waals surface area contributed by atoms with Gasteiger partial charge in [0.2, 0.25) is 5.91 Å². The second-order valence-electron chi connectivity index (χ2n) is 8.81. The van der Waals surface area contributed by atoms with Gasteiger partial charge in [-0.3, -0.25) is 14.5 Å². The number of benzene rings is 2. The Morgan fingerprint density at radius 1 is 1.09 bits per heavy atom. The second-order valence-corrected chi connectivity index (χ2v) is 9.67. The van der Waals surface area contributed by atoms with Gasteiger partial charge in [-0.2, -0.15) is 0 Å². The topological polar surface area (TPSA) is 91.4 Å². The van der Waals surface area contributed by atoms with E-state index >= 15 is 0 Å². The van der Waals surface area contributed by atoms with Crippen LogP contribution in [0.4, 0.5) is 9.93 Å². The number of nitrogens with one attached hydrogen (secondary N) is 2. The van der Waals surface area contributed by atoms with E-state index in [0.717, 1.165) is 40.1 Å². The zero-order valence-corrected chi connectivity index (χ0v) is 18.7. The van der Waals surface area contributed by atoms with Gasteiger partial charge in [0, 0.05) is 10.9 Å². The van der Waals surface area contributed by atoms with Gasteiger partial charge in [0.05, 0.1) is 5.69 Å². The van der Waals surface area contributed by atoms with E-state index in [9.17, 15) is 14.4 Å². The first kappa shape index (κ1) is 20.1. The minimum atomic E-state index is -1.06. The fourth-order valence-corrected chi connectivity index (χ4v) is 5.97. The Morgan fingerprint density at radius 2 is 1.94 bits per heavy atom. The molecule has 0 bridgehead atoms. The van der Waals surface area contributed by atoms with Crippen molar-refractivity contribution >= 4 is 34.3 Å². The fourth-order valence-electron chi connectivity index (χ4n) is 5.23. The summed E-state index contributed by atoms with van der Waals surface area (Å²) in [6.45, 7) is -0.345. The number of hydrogen-bond donors (Lipinski definition) is 2. The number of rotatable bonds is 4. The zero-order valence-electron chi connectivity index (χ0n) is 17.9. The number of urea groups is 1. The van der Waals surface area contributed by atoms with Crippen LogP contribution in [0, 0.1) is 0 Å². The predicted octanol–water partition coefficient (Wildman–Crippen LogP) is 3.63. The van der Waals surface area contributed by atoms with Crippen molar-refractivity contribution in [2.45, 2.75) is 37.6 Å². The van der Waals surface area contributed by atoms with Crippen molar-refractivity contribution in [3.63, 3.8) is 0 Å². The number of amides is 4. The molecule has 1 fully saturated rings. The van der Waals surface area contributed by atoms with Crippen molar-refractivity contribution in [3.05, 3.63) is 70.1 Å². The minimum Gasteiger partial charge on any atom is -0.319 e. The van der Waals surface area contributed by atoms with E-state index in [0.29, 0.717) is 18.0 Å². The van der Waals surface area contributed by atoms with E-state index in [1.807, 2.05) is 29.6 Å². The molecule has 166 valence electrons. The van der Waals surface area contributed by atoms with Gasteiger partial charge in [0.25, 0.3) is 5.91 Å². The second kappa shape index (κ2) is 7.52. The Balaban J connectivity index is 1.15. The summed E-state index contributed by atoms with van der Waals surface area (Å²) in [6.07, 6.45) is 4.63. The van der Waals surface area contributed by atoms with Crippen molar-refractivity contribution in [1.29, 1.82) is 0 Å². The van der Waals surface area contributed by atoms with Crippen molar-refractivity contribution in [2.75, 3.05) is 11.9 Å². The normalized spacial score (nSPS) is 20.8. The molecular weight excluding hydrogens is 436 g/mol. The standard InChI is InChI=1S/C25H22N4O3S/c30-21(27-23-26-20(14-33-23)18-9-8-15-5-3-6-17(15)12-18)13-29-22(31)25(28-24(29)32)11-10-16-4-1-2-7-19(16)25/h1-2,4,7-9,12,14H,3,5-6,10-11,13H2,(H,28,32)(H,26,27,30). The van der Waals surface area contributed by atoms with Crippen LogP contribution in [0.1, 0.15) is 35.1 Å². The Kier molecular flexibility index (Phi) is 4.58. The average molecular weight is 459 g/mol. The molecule has 0 saturated carbocycles. The first-order valence-electron chi connectivity index (χ1n) is 11.1. The maximum Gasteiger partial charge on any atom is 0.325 e. The van der Waals surface area contributed by atoms with Crippen LogP contribution in [-0.4, -0.2) is 34.3 Å². The van der Waals surface area contributed by atoms with Crippen LogP contribution < -0.4 is 10.6 Å². The number of nitrogens with zero attached hydrogens (tertiary/aromatic N) is 2. The van der Waals surface area contributed by atoms with E-state index < -0.39 is 17.5 Å². The number of aromatic nitrogens is 1. The molecule has 3 aliphatic rings. The SMILES string of the molecule is O=C(CN1C(=O)NC2(CCc3ccccc32)C1=O)Nc1nc(-c2ccc3c(c2)CCC3)cs1. The van der Waals surface area contributed by atoms with Crippen LogP contribution in [0.25, 0.3) is 11.3 Å². The van der Waals surface area contributed by atoms with E-state index in [-0.39, 0.29) is 12.5 Å². The van der Waals surface area contributed by atoms with Gasteiger partial charge in [-0.05, 0) is 60.4 Å². The average Bonchev–Trinajstić information content (AvgIpc) is 3.59. The van der Waals surface area contributed by atoms with Gasteiger partial charge in [-0.15, -0.1) is 11.3 Å². The number of hydrogen-bond acceptors (Lipinski definition) is 5.